The monoisotopic (exact) mass is 833 g/mol. The van der Waals surface area contributed by atoms with Crippen molar-refractivity contribution in [1.29, 1.82) is 0 Å². The van der Waals surface area contributed by atoms with E-state index >= 15 is 0 Å². The molecule has 2 saturated heterocycles. The molecule has 2 aliphatic heterocycles. The molecule has 9 nitrogen and oxygen atoms in total. The molecule has 2 unspecified atom stereocenters. The van der Waals surface area contributed by atoms with Crippen LogP contribution in [0.1, 0.15) is 59.8 Å². The van der Waals surface area contributed by atoms with Crippen LogP contribution >= 0.6 is 0 Å². The highest BCUT2D eigenvalue weighted by atomic mass is 16.2. The van der Waals surface area contributed by atoms with Gasteiger partial charge in [0.1, 0.15) is 6.04 Å². The molecule has 3 N–H and O–H groups in total. The third-order valence-electron chi connectivity index (χ3n) is 12.5. The van der Waals surface area contributed by atoms with Crippen molar-refractivity contribution < 1.29 is 19.2 Å². The van der Waals surface area contributed by atoms with Crippen molar-refractivity contribution in [1.82, 2.24) is 15.2 Å². The standard InChI is InChI=1S/C54H51N5O4/c60-51(50-24-14-32-58(50)52(61)45(39-19-9-3-10-20-39)33-37-15-5-1-6-16-37)56-43-27-30-47-42(35-43)36-49(57-47)41-25-28-44(29-26-41)59(54(63)48-23-13-31-55-48)53(62)46(40-21-11-4-12-22-40)34-38-17-7-2-8-18-38/h1-12,15-22,25-30,35-36,45-46,48,50,55,57H,13-14,23-24,31-34H2,(H,56,60)/t45?,46-,48?,50-/m0/s1. The normalized spacial score (nSPS) is 17.0. The van der Waals surface area contributed by atoms with E-state index in [1.807, 2.05) is 170 Å². The van der Waals surface area contributed by atoms with Crippen LogP contribution in [0.3, 0.4) is 0 Å². The first-order valence-corrected chi connectivity index (χ1v) is 22.0. The lowest BCUT2D eigenvalue weighted by Gasteiger charge is -2.29. The van der Waals surface area contributed by atoms with Crippen molar-refractivity contribution in [2.75, 3.05) is 23.3 Å². The van der Waals surface area contributed by atoms with E-state index < -0.39 is 23.9 Å². The number of hydrogen-bond donors (Lipinski definition) is 3. The molecule has 9 heteroatoms. The molecule has 0 aliphatic carbocycles. The predicted molar refractivity (Wildman–Crippen MR) is 249 cm³/mol. The Bertz CT molecular complexity index is 2680. The Kier molecular flexibility index (Phi) is 12.4. The van der Waals surface area contributed by atoms with Gasteiger partial charge >= 0.3 is 0 Å². The minimum absolute atomic E-state index is 0.0327. The number of H-pyrrole nitrogens is 1. The van der Waals surface area contributed by atoms with Crippen LogP contribution in [0.4, 0.5) is 11.4 Å². The van der Waals surface area contributed by atoms with Crippen LogP contribution < -0.4 is 15.5 Å². The molecule has 1 aromatic heterocycles. The maximum Gasteiger partial charge on any atom is 0.250 e. The number of anilines is 2. The number of nitrogens with zero attached hydrogens (tertiary/aromatic N) is 2. The van der Waals surface area contributed by atoms with Crippen molar-refractivity contribution in [3.8, 4) is 11.3 Å². The summed E-state index contributed by atoms with van der Waals surface area (Å²) in [5.74, 6) is -1.69. The van der Waals surface area contributed by atoms with Gasteiger partial charge in [-0.25, -0.2) is 4.90 Å². The molecule has 316 valence electrons. The number of rotatable bonds is 13. The SMILES string of the molecule is O=C(Nc1ccc2[nH]c(-c3ccc(N(C(=O)C4CCCN4)C(=O)[C@@H](Cc4ccccc4)c4ccccc4)cc3)cc2c1)[C@@H]1CCCN1C(=O)C(Cc1ccccc1)c1ccccc1. The minimum Gasteiger partial charge on any atom is -0.355 e. The second-order valence-corrected chi connectivity index (χ2v) is 16.7. The molecular formula is C54H51N5O4. The van der Waals surface area contributed by atoms with Crippen LogP contribution in [0.25, 0.3) is 22.2 Å². The summed E-state index contributed by atoms with van der Waals surface area (Å²) < 4.78 is 0. The molecule has 0 saturated carbocycles. The van der Waals surface area contributed by atoms with E-state index in [1.165, 1.54) is 4.90 Å². The van der Waals surface area contributed by atoms with E-state index in [1.54, 1.807) is 4.90 Å². The zero-order chi connectivity index (χ0) is 43.1. The van der Waals surface area contributed by atoms with E-state index in [-0.39, 0.29) is 23.6 Å². The summed E-state index contributed by atoms with van der Waals surface area (Å²) in [5, 5.41) is 7.33. The summed E-state index contributed by atoms with van der Waals surface area (Å²) in [6.45, 7) is 1.27. The Morgan fingerprint density at radius 1 is 0.651 bits per heavy atom. The van der Waals surface area contributed by atoms with Crippen molar-refractivity contribution in [2.45, 2.75) is 62.4 Å². The van der Waals surface area contributed by atoms with Crippen molar-refractivity contribution >= 4 is 45.9 Å². The molecule has 0 bridgehead atoms. The van der Waals surface area contributed by atoms with Crippen LogP contribution in [0.15, 0.2) is 170 Å². The highest BCUT2D eigenvalue weighted by Gasteiger charge is 2.38. The Morgan fingerprint density at radius 2 is 1.25 bits per heavy atom. The highest BCUT2D eigenvalue weighted by molar-refractivity contribution is 6.18. The summed E-state index contributed by atoms with van der Waals surface area (Å²) in [6, 6.07) is 53.8. The number of imide groups is 1. The van der Waals surface area contributed by atoms with E-state index in [0.29, 0.717) is 43.6 Å². The van der Waals surface area contributed by atoms with Crippen LogP contribution in [0.2, 0.25) is 0 Å². The van der Waals surface area contributed by atoms with Crippen LogP contribution in [0.5, 0.6) is 0 Å². The molecule has 4 atom stereocenters. The molecule has 0 radical (unpaired) electrons. The zero-order valence-corrected chi connectivity index (χ0v) is 35.2. The number of amides is 4. The lowest BCUT2D eigenvalue weighted by Crippen LogP contribution is -2.48. The molecule has 9 rings (SSSR count). The van der Waals surface area contributed by atoms with Crippen LogP contribution in [-0.2, 0) is 32.0 Å². The van der Waals surface area contributed by atoms with Gasteiger partial charge in [0, 0.05) is 28.8 Å². The smallest absolute Gasteiger partial charge is 0.250 e. The summed E-state index contributed by atoms with van der Waals surface area (Å²) in [6.07, 6.45) is 3.92. The van der Waals surface area contributed by atoms with Gasteiger partial charge in [0.05, 0.1) is 23.6 Å². The van der Waals surface area contributed by atoms with Gasteiger partial charge in [-0.3, -0.25) is 19.2 Å². The number of carbonyl (C=O) groups is 4. The number of hydrogen-bond acceptors (Lipinski definition) is 5. The average molecular weight is 834 g/mol. The quantitative estimate of drug-likeness (QED) is 0.107. The van der Waals surface area contributed by atoms with Gasteiger partial charge in [-0.2, -0.15) is 0 Å². The number of likely N-dealkylation sites (tertiary alicyclic amines) is 1. The Hall–Kier alpha value is -7.10. The lowest BCUT2D eigenvalue weighted by atomic mass is 9.90. The fourth-order valence-electron chi connectivity index (χ4n) is 9.22. The number of fused-ring (bicyclic) bond motifs is 1. The van der Waals surface area contributed by atoms with Crippen LogP contribution in [-0.4, -0.2) is 58.7 Å². The van der Waals surface area contributed by atoms with Gasteiger partial charge in [-0.1, -0.05) is 133 Å². The molecule has 6 aromatic carbocycles. The summed E-state index contributed by atoms with van der Waals surface area (Å²) >= 11 is 0. The molecule has 3 heterocycles. The van der Waals surface area contributed by atoms with E-state index in [4.69, 9.17) is 0 Å². The van der Waals surface area contributed by atoms with Gasteiger partial charge in [0.25, 0.3) is 5.91 Å². The number of nitrogens with one attached hydrogen (secondary N) is 3. The van der Waals surface area contributed by atoms with Crippen molar-refractivity contribution in [2.24, 2.45) is 0 Å². The summed E-state index contributed by atoms with van der Waals surface area (Å²) in [4.78, 5) is 63.8. The van der Waals surface area contributed by atoms with Crippen molar-refractivity contribution in [3.05, 3.63) is 192 Å². The second-order valence-electron chi connectivity index (χ2n) is 16.7. The van der Waals surface area contributed by atoms with E-state index in [9.17, 15) is 19.2 Å². The third kappa shape index (κ3) is 9.25. The Morgan fingerprint density at radius 3 is 1.87 bits per heavy atom. The molecule has 2 aliphatic rings. The van der Waals surface area contributed by atoms with Gasteiger partial charge in [0.15, 0.2) is 0 Å². The second kappa shape index (κ2) is 18.9. The number of aromatic nitrogens is 1. The molecule has 7 aromatic rings. The molecule has 0 spiro atoms. The van der Waals surface area contributed by atoms with Gasteiger partial charge in [-0.15, -0.1) is 0 Å². The molecule has 4 amide bonds. The maximum absolute atomic E-state index is 14.7. The van der Waals surface area contributed by atoms with Gasteiger partial charge in [-0.05, 0) is 109 Å². The largest absolute Gasteiger partial charge is 0.355 e. The fraction of sp³-hybridized carbons (Fsp3) is 0.222. The summed E-state index contributed by atoms with van der Waals surface area (Å²) in [5.41, 5.74) is 7.69. The maximum atomic E-state index is 14.7. The minimum atomic E-state index is -0.570. The Labute approximate surface area is 368 Å². The lowest BCUT2D eigenvalue weighted by molar-refractivity contribution is -0.138. The van der Waals surface area contributed by atoms with E-state index in [0.717, 1.165) is 63.8 Å². The first-order chi connectivity index (χ1) is 30.9. The predicted octanol–water partition coefficient (Wildman–Crippen LogP) is 9.43. The third-order valence-corrected chi connectivity index (χ3v) is 12.5. The van der Waals surface area contributed by atoms with Crippen molar-refractivity contribution in [3.63, 3.8) is 0 Å². The first kappa shape index (κ1) is 41.3. The molecular weight excluding hydrogens is 783 g/mol. The highest BCUT2D eigenvalue weighted by Crippen LogP contribution is 2.33. The topological polar surface area (TPSA) is 115 Å². The first-order valence-electron chi connectivity index (χ1n) is 22.0. The summed E-state index contributed by atoms with van der Waals surface area (Å²) in [7, 11) is 0. The fourth-order valence-corrected chi connectivity index (χ4v) is 9.22. The van der Waals surface area contributed by atoms with Crippen LogP contribution in [0, 0.1) is 0 Å². The Balaban J connectivity index is 0.930. The number of benzene rings is 6. The van der Waals surface area contributed by atoms with Gasteiger partial charge in [0.2, 0.25) is 17.7 Å². The van der Waals surface area contributed by atoms with Gasteiger partial charge < -0.3 is 20.5 Å². The average Bonchev–Trinajstić information content (AvgIpc) is 4.14. The molecule has 2 fully saturated rings. The molecule has 63 heavy (non-hydrogen) atoms. The zero-order valence-electron chi connectivity index (χ0n) is 35.2. The van der Waals surface area contributed by atoms with E-state index in [2.05, 4.69) is 15.6 Å². The number of aromatic amines is 1. The number of carbonyl (C=O) groups excluding carboxylic acids is 4.